The van der Waals surface area contributed by atoms with Crippen molar-refractivity contribution < 1.29 is 4.42 Å². The topological polar surface area (TPSA) is 87.4 Å². The number of oxazole rings is 1. The van der Waals surface area contributed by atoms with Crippen LogP contribution in [0, 0.1) is 13.8 Å². The Kier molecular flexibility index (Phi) is 5.49. The number of benzene rings is 1. The average molecular weight is 358 g/mol. The van der Waals surface area contributed by atoms with Gasteiger partial charge in [-0.2, -0.15) is 0 Å². The van der Waals surface area contributed by atoms with E-state index in [0.29, 0.717) is 18.4 Å². The number of fused-ring (bicyclic) bond motifs is 1. The molecule has 132 valence electrons. The second-order valence-corrected chi connectivity index (χ2v) is 6.55. The smallest absolute Gasteiger partial charge is 0.214 e. The van der Waals surface area contributed by atoms with E-state index in [9.17, 15) is 0 Å². The molecule has 2 heterocycles. The molecule has 2 aromatic heterocycles. The van der Waals surface area contributed by atoms with Crippen LogP contribution in [0.1, 0.15) is 17.3 Å². The Balaban J connectivity index is 1.42. The van der Waals surface area contributed by atoms with Gasteiger partial charge in [-0.3, -0.25) is 4.99 Å². The van der Waals surface area contributed by atoms with Gasteiger partial charge in [-0.05, 0) is 26.0 Å². The summed E-state index contributed by atoms with van der Waals surface area (Å²) in [6, 6.07) is 8.12. The highest BCUT2D eigenvalue weighted by Crippen LogP contribution is 2.24. The lowest BCUT2D eigenvalue weighted by Crippen LogP contribution is -2.39. The summed E-state index contributed by atoms with van der Waals surface area (Å²) in [5, 5.41) is 10.7. The minimum absolute atomic E-state index is 0.500. The molecule has 0 radical (unpaired) electrons. The van der Waals surface area contributed by atoms with Crippen LogP contribution in [0.2, 0.25) is 0 Å². The average Bonchev–Trinajstić information content (AvgIpc) is 3.17. The predicted molar refractivity (Wildman–Crippen MR) is 102 cm³/mol. The maximum atomic E-state index is 5.55. The van der Waals surface area contributed by atoms with Gasteiger partial charge in [-0.1, -0.05) is 23.5 Å². The summed E-state index contributed by atoms with van der Waals surface area (Å²) in [4.78, 5) is 13.1. The zero-order valence-electron chi connectivity index (χ0n) is 14.6. The van der Waals surface area contributed by atoms with Gasteiger partial charge in [0.05, 0.1) is 22.5 Å². The van der Waals surface area contributed by atoms with Gasteiger partial charge in [-0.15, -0.1) is 0 Å². The van der Waals surface area contributed by atoms with Gasteiger partial charge in [0.25, 0.3) is 0 Å². The molecule has 0 bridgehead atoms. The molecule has 1 aromatic carbocycles. The maximum absolute atomic E-state index is 5.55. The first-order valence-corrected chi connectivity index (χ1v) is 8.94. The van der Waals surface area contributed by atoms with E-state index in [2.05, 4.69) is 37.0 Å². The number of hydrogen-bond acceptors (Lipinski definition) is 6. The fourth-order valence-electron chi connectivity index (χ4n) is 2.29. The number of aliphatic imine (C=N–C) groups is 1. The third-order valence-corrected chi connectivity index (χ3v) is 4.69. The van der Waals surface area contributed by atoms with E-state index >= 15 is 0 Å². The number of aromatic nitrogens is 2. The minimum atomic E-state index is 0.500. The highest BCUT2D eigenvalue weighted by Gasteiger charge is 2.06. The first kappa shape index (κ1) is 17.2. The number of guanidine groups is 1. The van der Waals surface area contributed by atoms with Gasteiger partial charge in [0.2, 0.25) is 5.89 Å². The molecular weight excluding hydrogens is 336 g/mol. The van der Waals surface area contributed by atoms with Gasteiger partial charge in [0, 0.05) is 20.1 Å². The highest BCUT2D eigenvalue weighted by atomic mass is 32.1. The Bertz CT molecular complexity index is 817. The van der Waals surface area contributed by atoms with Gasteiger partial charge in [0.15, 0.2) is 11.1 Å². The monoisotopic (exact) mass is 358 g/mol. The van der Waals surface area contributed by atoms with Crippen molar-refractivity contribution in [3.63, 3.8) is 0 Å². The van der Waals surface area contributed by atoms with E-state index in [0.717, 1.165) is 35.2 Å². The number of thiazole rings is 1. The first-order valence-electron chi connectivity index (χ1n) is 8.12. The maximum Gasteiger partial charge on any atom is 0.214 e. The Morgan fingerprint density at radius 2 is 2.00 bits per heavy atom. The van der Waals surface area contributed by atoms with Crippen LogP contribution < -0.4 is 16.0 Å². The number of nitrogens with one attached hydrogen (secondary N) is 3. The third-order valence-electron chi connectivity index (χ3n) is 3.69. The lowest BCUT2D eigenvalue weighted by molar-refractivity contribution is 0.464. The summed E-state index contributed by atoms with van der Waals surface area (Å²) in [5.41, 5.74) is 1.94. The van der Waals surface area contributed by atoms with Crippen molar-refractivity contribution >= 4 is 32.6 Å². The normalized spacial score (nSPS) is 11.7. The van der Waals surface area contributed by atoms with Crippen LogP contribution in [-0.2, 0) is 6.54 Å². The van der Waals surface area contributed by atoms with Gasteiger partial charge < -0.3 is 20.4 Å². The Morgan fingerprint density at radius 3 is 2.72 bits per heavy atom. The molecule has 0 saturated carbocycles. The fraction of sp³-hybridized carbons (Fsp3) is 0.353. The summed E-state index contributed by atoms with van der Waals surface area (Å²) in [6.07, 6.45) is 0. The first-order chi connectivity index (χ1) is 12.2. The van der Waals surface area contributed by atoms with Crippen LogP contribution in [0.4, 0.5) is 5.13 Å². The van der Waals surface area contributed by atoms with Gasteiger partial charge in [-0.25, -0.2) is 9.97 Å². The number of anilines is 1. The zero-order valence-corrected chi connectivity index (χ0v) is 15.4. The minimum Gasteiger partial charge on any atom is -0.444 e. The molecule has 3 aromatic rings. The summed E-state index contributed by atoms with van der Waals surface area (Å²) < 4.78 is 6.73. The number of aryl methyl sites for hydroxylation is 2. The van der Waals surface area contributed by atoms with Crippen molar-refractivity contribution in [2.75, 3.05) is 25.5 Å². The molecule has 8 heteroatoms. The second kappa shape index (κ2) is 7.98. The number of rotatable bonds is 6. The molecule has 0 fully saturated rings. The molecule has 0 aliphatic carbocycles. The third kappa shape index (κ3) is 4.48. The molecule has 3 N–H and O–H groups in total. The molecule has 25 heavy (non-hydrogen) atoms. The fourth-order valence-corrected chi connectivity index (χ4v) is 3.18. The highest BCUT2D eigenvalue weighted by molar-refractivity contribution is 7.22. The quantitative estimate of drug-likeness (QED) is 0.357. The van der Waals surface area contributed by atoms with Crippen LogP contribution >= 0.6 is 11.3 Å². The SMILES string of the molecule is CN=C(NCCNc1nc2ccccc2s1)NCc1nc(C)c(C)o1. The zero-order chi connectivity index (χ0) is 17.6. The Hall–Kier alpha value is -2.61. The van der Waals surface area contributed by atoms with Crippen LogP contribution in [-0.4, -0.2) is 36.1 Å². The Morgan fingerprint density at radius 1 is 1.16 bits per heavy atom. The molecule has 0 unspecified atom stereocenters. The summed E-state index contributed by atoms with van der Waals surface area (Å²) in [7, 11) is 1.74. The van der Waals surface area contributed by atoms with Gasteiger partial charge in [0.1, 0.15) is 5.76 Å². The lowest BCUT2D eigenvalue weighted by Gasteiger charge is -2.10. The van der Waals surface area contributed by atoms with Crippen LogP contribution in [0.25, 0.3) is 10.2 Å². The molecule has 0 amide bonds. The largest absolute Gasteiger partial charge is 0.444 e. The lowest BCUT2D eigenvalue weighted by atomic mass is 10.3. The van der Waals surface area contributed by atoms with E-state index in [4.69, 9.17) is 4.42 Å². The Labute approximate surface area is 150 Å². The van der Waals surface area contributed by atoms with E-state index in [-0.39, 0.29) is 0 Å². The molecule has 0 spiro atoms. The van der Waals surface area contributed by atoms with Crippen molar-refractivity contribution in [3.8, 4) is 0 Å². The molecular formula is C17H22N6OS. The molecule has 0 saturated heterocycles. The van der Waals surface area contributed by atoms with Gasteiger partial charge >= 0.3 is 0 Å². The summed E-state index contributed by atoms with van der Waals surface area (Å²) in [5.74, 6) is 2.21. The van der Waals surface area contributed by atoms with Crippen LogP contribution in [0.5, 0.6) is 0 Å². The molecule has 7 nitrogen and oxygen atoms in total. The van der Waals surface area contributed by atoms with Crippen molar-refractivity contribution in [1.29, 1.82) is 0 Å². The van der Waals surface area contributed by atoms with E-state index < -0.39 is 0 Å². The standard InChI is InChI=1S/C17H22N6OS/c1-11-12(2)24-15(22-11)10-21-16(18-3)19-8-9-20-17-23-13-6-4-5-7-14(13)25-17/h4-7H,8-10H2,1-3H3,(H,20,23)(H2,18,19,21). The molecule has 3 rings (SSSR count). The molecule has 0 aliphatic rings. The van der Waals surface area contributed by atoms with Crippen molar-refractivity contribution in [1.82, 2.24) is 20.6 Å². The summed E-state index contributed by atoms with van der Waals surface area (Å²) in [6.45, 7) is 5.81. The van der Waals surface area contributed by atoms with Crippen molar-refractivity contribution in [2.45, 2.75) is 20.4 Å². The summed E-state index contributed by atoms with van der Waals surface area (Å²) >= 11 is 1.66. The van der Waals surface area contributed by atoms with Crippen LogP contribution in [0.15, 0.2) is 33.7 Å². The number of para-hydroxylation sites is 1. The molecule has 0 atom stereocenters. The van der Waals surface area contributed by atoms with E-state index in [1.807, 2.05) is 32.0 Å². The second-order valence-electron chi connectivity index (χ2n) is 5.52. The van der Waals surface area contributed by atoms with E-state index in [1.165, 1.54) is 4.70 Å². The predicted octanol–water partition coefficient (Wildman–Crippen LogP) is 2.68. The van der Waals surface area contributed by atoms with E-state index in [1.54, 1.807) is 18.4 Å². The van der Waals surface area contributed by atoms with Crippen LogP contribution in [0.3, 0.4) is 0 Å². The van der Waals surface area contributed by atoms with Crippen molar-refractivity contribution in [2.24, 2.45) is 4.99 Å². The molecule has 0 aliphatic heterocycles. The number of nitrogens with zero attached hydrogens (tertiary/aromatic N) is 3. The number of hydrogen-bond donors (Lipinski definition) is 3. The van der Waals surface area contributed by atoms with Crippen molar-refractivity contribution in [3.05, 3.63) is 41.6 Å².